The van der Waals surface area contributed by atoms with Gasteiger partial charge in [-0.1, -0.05) is 13.8 Å². The highest BCUT2D eigenvalue weighted by Gasteiger charge is 2.03. The van der Waals surface area contributed by atoms with Crippen LogP contribution in [0.15, 0.2) is 10.6 Å². The molecular formula is C12H22N2O2. The Balaban J connectivity index is 2.19. The van der Waals surface area contributed by atoms with Crippen molar-refractivity contribution >= 4 is 0 Å². The van der Waals surface area contributed by atoms with Crippen LogP contribution in [0.5, 0.6) is 0 Å². The molecule has 0 aliphatic heterocycles. The summed E-state index contributed by atoms with van der Waals surface area (Å²) in [6, 6.07) is 0. The van der Waals surface area contributed by atoms with Crippen LogP contribution in [-0.4, -0.2) is 31.8 Å². The molecule has 4 nitrogen and oxygen atoms in total. The molecule has 1 N–H and O–H groups in total. The highest BCUT2D eigenvalue weighted by molar-refractivity contribution is 4.94. The summed E-state index contributed by atoms with van der Waals surface area (Å²) in [6.45, 7) is 7.03. The topological polar surface area (TPSA) is 47.3 Å². The van der Waals surface area contributed by atoms with Gasteiger partial charge in [0.1, 0.15) is 5.76 Å². The van der Waals surface area contributed by atoms with Gasteiger partial charge in [-0.3, -0.25) is 0 Å². The van der Waals surface area contributed by atoms with Gasteiger partial charge in [-0.05, 0) is 12.5 Å². The Labute approximate surface area is 97.4 Å². The van der Waals surface area contributed by atoms with Crippen molar-refractivity contribution in [2.24, 2.45) is 5.92 Å². The molecule has 0 unspecified atom stereocenters. The van der Waals surface area contributed by atoms with Crippen molar-refractivity contribution in [3.05, 3.63) is 17.8 Å². The summed E-state index contributed by atoms with van der Waals surface area (Å²) >= 11 is 0. The van der Waals surface area contributed by atoms with Gasteiger partial charge in [-0.15, -0.1) is 0 Å². The molecule has 0 aromatic carbocycles. The molecule has 1 heterocycles. The number of ether oxygens (including phenoxy) is 1. The van der Waals surface area contributed by atoms with Gasteiger partial charge >= 0.3 is 0 Å². The van der Waals surface area contributed by atoms with Crippen LogP contribution < -0.4 is 5.32 Å². The molecule has 0 saturated carbocycles. The maximum absolute atomic E-state index is 5.56. The Bertz CT molecular complexity index is 284. The summed E-state index contributed by atoms with van der Waals surface area (Å²) in [6.07, 6.45) is 3.43. The van der Waals surface area contributed by atoms with Gasteiger partial charge in [0.15, 0.2) is 5.89 Å². The van der Waals surface area contributed by atoms with E-state index < -0.39 is 0 Å². The van der Waals surface area contributed by atoms with E-state index in [1.165, 1.54) is 0 Å². The number of hydrogen-bond acceptors (Lipinski definition) is 4. The minimum Gasteiger partial charge on any atom is -0.446 e. The van der Waals surface area contributed by atoms with E-state index in [1.807, 2.05) is 0 Å². The summed E-state index contributed by atoms with van der Waals surface area (Å²) < 4.78 is 10.5. The molecule has 0 aliphatic rings. The van der Waals surface area contributed by atoms with Crippen LogP contribution in [0, 0.1) is 5.92 Å². The maximum atomic E-state index is 5.56. The molecule has 0 atom stereocenters. The Morgan fingerprint density at radius 2 is 2.25 bits per heavy atom. The summed E-state index contributed by atoms with van der Waals surface area (Å²) in [7, 11) is 1.69. The molecule has 0 aliphatic carbocycles. The van der Waals surface area contributed by atoms with Crippen LogP contribution >= 0.6 is 0 Å². The number of oxazole rings is 1. The van der Waals surface area contributed by atoms with E-state index in [0.29, 0.717) is 12.5 Å². The molecule has 1 aromatic heterocycles. The predicted octanol–water partition coefficient (Wildman–Crippen LogP) is 1.65. The molecule has 0 fully saturated rings. The Morgan fingerprint density at radius 1 is 1.44 bits per heavy atom. The van der Waals surface area contributed by atoms with Crippen molar-refractivity contribution in [1.82, 2.24) is 10.3 Å². The summed E-state index contributed by atoms with van der Waals surface area (Å²) in [4.78, 5) is 4.22. The molecule has 1 aromatic rings. The van der Waals surface area contributed by atoms with Gasteiger partial charge in [-0.25, -0.2) is 4.98 Å². The molecule has 0 radical (unpaired) electrons. The lowest BCUT2D eigenvalue weighted by atomic mass is 10.2. The van der Waals surface area contributed by atoms with E-state index >= 15 is 0 Å². The summed E-state index contributed by atoms with van der Waals surface area (Å²) in [5.74, 6) is 2.39. The number of methoxy groups -OCH3 is 1. The minimum atomic E-state index is 0.681. The monoisotopic (exact) mass is 226 g/mol. The number of aromatic nitrogens is 1. The molecule has 0 amide bonds. The van der Waals surface area contributed by atoms with Crippen LogP contribution in [0.1, 0.15) is 25.5 Å². The Kier molecular flexibility index (Phi) is 6.11. The van der Waals surface area contributed by atoms with Crippen LogP contribution in [-0.2, 0) is 17.6 Å². The standard InChI is InChI=1S/C12H22N2O2/c1-10(2)8-13-6-4-12-14-9-11(16-12)5-7-15-3/h9-10,13H,4-8H2,1-3H3. The molecule has 0 spiro atoms. The van der Waals surface area contributed by atoms with E-state index in [9.17, 15) is 0 Å². The summed E-state index contributed by atoms with van der Waals surface area (Å²) in [5, 5.41) is 3.36. The minimum absolute atomic E-state index is 0.681. The van der Waals surface area contributed by atoms with Crippen molar-refractivity contribution < 1.29 is 9.15 Å². The lowest BCUT2D eigenvalue weighted by molar-refractivity contribution is 0.196. The first kappa shape index (κ1) is 13.2. The fraction of sp³-hybridized carbons (Fsp3) is 0.750. The fourth-order valence-corrected chi connectivity index (χ4v) is 1.37. The number of nitrogens with zero attached hydrogens (tertiary/aromatic N) is 1. The Hall–Kier alpha value is -0.870. The van der Waals surface area contributed by atoms with Crippen LogP contribution in [0.4, 0.5) is 0 Å². The lowest BCUT2D eigenvalue weighted by Gasteiger charge is -2.05. The van der Waals surface area contributed by atoms with Gasteiger partial charge in [0, 0.05) is 26.5 Å². The second-order valence-electron chi connectivity index (χ2n) is 4.31. The van der Waals surface area contributed by atoms with Gasteiger partial charge in [0.25, 0.3) is 0 Å². The average Bonchev–Trinajstić information content (AvgIpc) is 2.69. The second kappa shape index (κ2) is 7.41. The zero-order valence-electron chi connectivity index (χ0n) is 10.5. The zero-order chi connectivity index (χ0) is 11.8. The predicted molar refractivity (Wildman–Crippen MR) is 63.5 cm³/mol. The largest absolute Gasteiger partial charge is 0.446 e. The number of hydrogen-bond donors (Lipinski definition) is 1. The molecule has 4 heteroatoms. The van der Waals surface area contributed by atoms with Crippen molar-refractivity contribution in [2.75, 3.05) is 26.8 Å². The van der Waals surface area contributed by atoms with Gasteiger partial charge < -0.3 is 14.5 Å². The molecule has 0 bridgehead atoms. The SMILES string of the molecule is COCCc1cnc(CCNCC(C)C)o1. The molecule has 0 saturated heterocycles. The molecule has 92 valence electrons. The van der Waals surface area contributed by atoms with E-state index in [2.05, 4.69) is 24.1 Å². The van der Waals surface area contributed by atoms with Crippen molar-refractivity contribution in [2.45, 2.75) is 26.7 Å². The highest BCUT2D eigenvalue weighted by Crippen LogP contribution is 2.04. The maximum Gasteiger partial charge on any atom is 0.195 e. The summed E-state index contributed by atoms with van der Waals surface area (Å²) in [5.41, 5.74) is 0. The number of rotatable bonds is 8. The van der Waals surface area contributed by atoms with E-state index in [1.54, 1.807) is 13.3 Å². The molecular weight excluding hydrogens is 204 g/mol. The molecule has 1 rings (SSSR count). The lowest BCUT2D eigenvalue weighted by Crippen LogP contribution is -2.22. The van der Waals surface area contributed by atoms with E-state index in [4.69, 9.17) is 9.15 Å². The fourth-order valence-electron chi connectivity index (χ4n) is 1.37. The normalized spacial score (nSPS) is 11.2. The quantitative estimate of drug-likeness (QED) is 0.685. The van der Waals surface area contributed by atoms with Crippen molar-refractivity contribution in [1.29, 1.82) is 0 Å². The van der Waals surface area contributed by atoms with Gasteiger partial charge in [-0.2, -0.15) is 0 Å². The third-order valence-corrected chi connectivity index (χ3v) is 2.22. The van der Waals surface area contributed by atoms with Gasteiger partial charge in [0.2, 0.25) is 0 Å². The Morgan fingerprint density at radius 3 is 2.94 bits per heavy atom. The number of nitrogens with one attached hydrogen (secondary N) is 1. The highest BCUT2D eigenvalue weighted by atomic mass is 16.5. The first-order valence-corrected chi connectivity index (χ1v) is 5.85. The van der Waals surface area contributed by atoms with Crippen molar-refractivity contribution in [3.8, 4) is 0 Å². The third kappa shape index (κ3) is 5.28. The average molecular weight is 226 g/mol. The molecule has 16 heavy (non-hydrogen) atoms. The van der Waals surface area contributed by atoms with Crippen LogP contribution in [0.3, 0.4) is 0 Å². The van der Waals surface area contributed by atoms with E-state index in [-0.39, 0.29) is 0 Å². The van der Waals surface area contributed by atoms with Gasteiger partial charge in [0.05, 0.1) is 12.8 Å². The van der Waals surface area contributed by atoms with E-state index in [0.717, 1.165) is 37.6 Å². The van der Waals surface area contributed by atoms with Crippen LogP contribution in [0.2, 0.25) is 0 Å². The third-order valence-electron chi connectivity index (χ3n) is 2.22. The van der Waals surface area contributed by atoms with Crippen molar-refractivity contribution in [3.63, 3.8) is 0 Å². The zero-order valence-corrected chi connectivity index (χ0v) is 10.5. The second-order valence-corrected chi connectivity index (χ2v) is 4.31. The van der Waals surface area contributed by atoms with Crippen LogP contribution in [0.25, 0.3) is 0 Å². The smallest absolute Gasteiger partial charge is 0.195 e. The first-order valence-electron chi connectivity index (χ1n) is 5.85. The first-order chi connectivity index (χ1) is 7.72.